The lowest BCUT2D eigenvalue weighted by Crippen LogP contribution is -2.39. The first-order valence-corrected chi connectivity index (χ1v) is 6.30. The summed E-state index contributed by atoms with van der Waals surface area (Å²) in [7, 11) is 1.75. The molecule has 4 unspecified atom stereocenters. The van der Waals surface area contributed by atoms with Crippen LogP contribution in [0.3, 0.4) is 0 Å². The third-order valence-corrected chi connectivity index (χ3v) is 3.79. The van der Waals surface area contributed by atoms with Crippen molar-refractivity contribution in [3.05, 3.63) is 35.9 Å². The molecular weight excluding hydrogens is 212 g/mol. The summed E-state index contributed by atoms with van der Waals surface area (Å²) < 4.78 is 5.31. The van der Waals surface area contributed by atoms with E-state index in [0.717, 1.165) is 6.42 Å². The van der Waals surface area contributed by atoms with Gasteiger partial charge in [-0.3, -0.25) is 11.3 Å². The van der Waals surface area contributed by atoms with E-state index in [1.54, 1.807) is 7.11 Å². The summed E-state index contributed by atoms with van der Waals surface area (Å²) in [6.45, 7) is 2.09. The number of nitrogens with two attached hydrogens (primary N) is 1. The fourth-order valence-electron chi connectivity index (χ4n) is 2.56. The van der Waals surface area contributed by atoms with E-state index in [0.29, 0.717) is 17.9 Å². The van der Waals surface area contributed by atoms with Crippen molar-refractivity contribution in [1.82, 2.24) is 5.43 Å². The molecule has 0 saturated heterocycles. The molecule has 0 aliphatic heterocycles. The van der Waals surface area contributed by atoms with E-state index in [9.17, 15) is 0 Å². The lowest BCUT2D eigenvalue weighted by molar-refractivity contribution is 0.0974. The molecule has 0 aromatic heterocycles. The summed E-state index contributed by atoms with van der Waals surface area (Å²) in [5.41, 5.74) is 4.38. The first-order valence-electron chi connectivity index (χ1n) is 6.30. The van der Waals surface area contributed by atoms with Crippen LogP contribution >= 0.6 is 0 Å². The van der Waals surface area contributed by atoms with E-state index in [-0.39, 0.29) is 6.10 Å². The van der Waals surface area contributed by atoms with Crippen LogP contribution < -0.4 is 11.3 Å². The first kappa shape index (κ1) is 12.6. The molecular formula is C14H22N2O. The van der Waals surface area contributed by atoms with Gasteiger partial charge in [-0.1, -0.05) is 30.3 Å². The minimum absolute atomic E-state index is 0.257. The van der Waals surface area contributed by atoms with Crippen molar-refractivity contribution >= 4 is 0 Å². The smallest absolute Gasteiger partial charge is 0.0558 e. The van der Waals surface area contributed by atoms with Crippen LogP contribution in [0, 0.1) is 5.92 Å². The van der Waals surface area contributed by atoms with Gasteiger partial charge in [0.15, 0.2) is 0 Å². The standard InChI is InChI=1S/C14H22N2O/c1-10(17-2)8-14(16-15)13-9-12(13)11-6-4-3-5-7-11/h3-7,10,12-14,16H,8-9,15H2,1-2H3. The Hall–Kier alpha value is -0.900. The number of methoxy groups -OCH3 is 1. The number of hydrogen-bond donors (Lipinski definition) is 2. The van der Waals surface area contributed by atoms with Crippen LogP contribution in [-0.4, -0.2) is 19.3 Å². The highest BCUT2D eigenvalue weighted by atomic mass is 16.5. The quantitative estimate of drug-likeness (QED) is 0.585. The highest BCUT2D eigenvalue weighted by Gasteiger charge is 2.43. The second-order valence-electron chi connectivity index (χ2n) is 4.97. The zero-order valence-corrected chi connectivity index (χ0v) is 10.6. The molecule has 0 heterocycles. The van der Waals surface area contributed by atoms with E-state index >= 15 is 0 Å². The summed E-state index contributed by atoms with van der Waals surface area (Å²) in [4.78, 5) is 0. The Bertz CT molecular complexity index is 341. The van der Waals surface area contributed by atoms with Crippen molar-refractivity contribution in [3.8, 4) is 0 Å². The molecule has 1 aliphatic rings. The van der Waals surface area contributed by atoms with Crippen LogP contribution in [0.4, 0.5) is 0 Å². The number of ether oxygens (including phenoxy) is 1. The number of rotatable bonds is 6. The lowest BCUT2D eigenvalue weighted by Gasteiger charge is -2.19. The van der Waals surface area contributed by atoms with Crippen molar-refractivity contribution < 1.29 is 4.74 Å². The molecule has 0 spiro atoms. The zero-order valence-electron chi connectivity index (χ0n) is 10.6. The second kappa shape index (κ2) is 5.63. The van der Waals surface area contributed by atoms with Crippen molar-refractivity contribution in [2.45, 2.75) is 37.8 Å². The molecule has 2 rings (SSSR count). The van der Waals surface area contributed by atoms with Crippen LogP contribution in [-0.2, 0) is 4.74 Å². The van der Waals surface area contributed by atoms with Gasteiger partial charge in [0.2, 0.25) is 0 Å². The van der Waals surface area contributed by atoms with Gasteiger partial charge in [0.1, 0.15) is 0 Å². The second-order valence-corrected chi connectivity index (χ2v) is 4.97. The van der Waals surface area contributed by atoms with Crippen LogP contribution in [0.25, 0.3) is 0 Å². The molecule has 3 nitrogen and oxygen atoms in total. The molecule has 1 aromatic carbocycles. The largest absolute Gasteiger partial charge is 0.382 e. The van der Waals surface area contributed by atoms with E-state index in [1.165, 1.54) is 12.0 Å². The summed E-state index contributed by atoms with van der Waals surface area (Å²) in [6, 6.07) is 11.0. The molecule has 3 heteroatoms. The molecule has 17 heavy (non-hydrogen) atoms. The van der Waals surface area contributed by atoms with Gasteiger partial charge in [-0.05, 0) is 37.2 Å². The number of hydrazine groups is 1. The van der Waals surface area contributed by atoms with Crippen LogP contribution in [0.5, 0.6) is 0 Å². The predicted octanol–water partition coefficient (Wildman–Crippen LogP) is 2.05. The minimum atomic E-state index is 0.257. The maximum Gasteiger partial charge on any atom is 0.0558 e. The van der Waals surface area contributed by atoms with Crippen molar-refractivity contribution in [2.75, 3.05) is 7.11 Å². The highest BCUT2D eigenvalue weighted by Crippen LogP contribution is 2.50. The average molecular weight is 234 g/mol. The SMILES string of the molecule is COC(C)CC(NN)C1CC1c1ccccc1. The zero-order chi connectivity index (χ0) is 12.3. The molecule has 1 saturated carbocycles. The lowest BCUT2D eigenvalue weighted by atomic mass is 10.0. The Kier molecular flexibility index (Phi) is 4.15. The maximum atomic E-state index is 5.65. The maximum absolute atomic E-state index is 5.65. The molecule has 0 radical (unpaired) electrons. The fourth-order valence-corrected chi connectivity index (χ4v) is 2.56. The average Bonchev–Trinajstić information content (AvgIpc) is 3.17. The molecule has 0 amide bonds. The van der Waals surface area contributed by atoms with Gasteiger partial charge in [-0.2, -0.15) is 0 Å². The highest BCUT2D eigenvalue weighted by molar-refractivity contribution is 5.26. The first-order chi connectivity index (χ1) is 8.26. The topological polar surface area (TPSA) is 47.3 Å². The number of nitrogens with one attached hydrogen (secondary N) is 1. The summed E-state index contributed by atoms with van der Waals surface area (Å²) in [5.74, 6) is 6.97. The van der Waals surface area contributed by atoms with Gasteiger partial charge in [0.05, 0.1) is 6.10 Å². The van der Waals surface area contributed by atoms with Gasteiger partial charge >= 0.3 is 0 Å². The van der Waals surface area contributed by atoms with Crippen LogP contribution in [0.1, 0.15) is 31.2 Å². The summed E-state index contributed by atoms with van der Waals surface area (Å²) >= 11 is 0. The monoisotopic (exact) mass is 234 g/mol. The molecule has 0 bridgehead atoms. The van der Waals surface area contributed by atoms with Crippen molar-refractivity contribution in [2.24, 2.45) is 11.8 Å². The predicted molar refractivity (Wildman–Crippen MR) is 69.5 cm³/mol. The summed E-state index contributed by atoms with van der Waals surface area (Å²) in [6.07, 6.45) is 2.46. The van der Waals surface area contributed by atoms with Gasteiger partial charge in [0.25, 0.3) is 0 Å². The van der Waals surface area contributed by atoms with Crippen LogP contribution in [0.2, 0.25) is 0 Å². The van der Waals surface area contributed by atoms with Crippen LogP contribution in [0.15, 0.2) is 30.3 Å². The van der Waals surface area contributed by atoms with E-state index in [1.807, 2.05) is 0 Å². The Labute approximate surface area is 103 Å². The molecule has 94 valence electrons. The van der Waals surface area contributed by atoms with Gasteiger partial charge in [-0.25, -0.2) is 0 Å². The molecule has 1 aliphatic carbocycles. The number of hydrogen-bond acceptors (Lipinski definition) is 3. The Morgan fingerprint density at radius 1 is 1.41 bits per heavy atom. The molecule has 1 aromatic rings. The summed E-state index contributed by atoms with van der Waals surface area (Å²) in [5, 5.41) is 0. The van der Waals surface area contributed by atoms with Crippen molar-refractivity contribution in [1.29, 1.82) is 0 Å². The molecule has 3 N–H and O–H groups in total. The Balaban J connectivity index is 1.92. The number of benzene rings is 1. The fraction of sp³-hybridized carbons (Fsp3) is 0.571. The molecule has 4 atom stereocenters. The van der Waals surface area contributed by atoms with E-state index < -0.39 is 0 Å². The van der Waals surface area contributed by atoms with E-state index in [4.69, 9.17) is 10.6 Å². The van der Waals surface area contributed by atoms with E-state index in [2.05, 4.69) is 42.7 Å². The van der Waals surface area contributed by atoms with Gasteiger partial charge in [-0.15, -0.1) is 0 Å². The third kappa shape index (κ3) is 3.06. The minimum Gasteiger partial charge on any atom is -0.382 e. The van der Waals surface area contributed by atoms with Gasteiger partial charge in [0, 0.05) is 13.2 Å². The normalized spacial score (nSPS) is 26.5. The Morgan fingerprint density at radius 3 is 2.71 bits per heavy atom. The Morgan fingerprint density at radius 2 is 2.12 bits per heavy atom. The van der Waals surface area contributed by atoms with Crippen molar-refractivity contribution in [3.63, 3.8) is 0 Å². The third-order valence-electron chi connectivity index (χ3n) is 3.79. The molecule has 1 fully saturated rings. The van der Waals surface area contributed by atoms with Gasteiger partial charge < -0.3 is 4.74 Å².